The number of benzene rings is 1. The van der Waals surface area contributed by atoms with E-state index in [4.69, 9.17) is 15.2 Å². The Morgan fingerprint density at radius 1 is 0.952 bits per heavy atom. The van der Waals surface area contributed by atoms with Crippen molar-refractivity contribution in [1.82, 2.24) is 9.97 Å². The molecule has 5 nitrogen and oxygen atoms in total. The van der Waals surface area contributed by atoms with E-state index >= 15 is 0 Å². The smallest absolute Gasteiger partial charge is 0.161 e. The summed E-state index contributed by atoms with van der Waals surface area (Å²) in [6.07, 6.45) is 5.10. The molecule has 21 heavy (non-hydrogen) atoms. The van der Waals surface area contributed by atoms with Crippen LogP contribution in [0.5, 0.6) is 11.5 Å². The summed E-state index contributed by atoms with van der Waals surface area (Å²) < 4.78 is 11.5. The van der Waals surface area contributed by atoms with Crippen LogP contribution in [0.25, 0.3) is 11.3 Å². The first-order valence-electron chi connectivity index (χ1n) is 7.22. The van der Waals surface area contributed by atoms with Crippen molar-refractivity contribution >= 4 is 5.82 Å². The molecule has 1 heterocycles. The molecule has 1 aromatic heterocycles. The zero-order chi connectivity index (χ0) is 15.1. The number of rotatable bonds is 7. The maximum absolute atomic E-state index is 5.77. The van der Waals surface area contributed by atoms with Crippen LogP contribution in [0, 0.1) is 0 Å². The Morgan fingerprint density at radius 2 is 1.67 bits per heavy atom. The van der Waals surface area contributed by atoms with Crippen molar-refractivity contribution in [3.05, 3.63) is 30.6 Å². The summed E-state index contributed by atoms with van der Waals surface area (Å²) in [6.45, 7) is 5.47. The maximum atomic E-state index is 5.77. The van der Waals surface area contributed by atoms with Gasteiger partial charge in [0.1, 0.15) is 5.82 Å². The number of hydrogen-bond donors (Lipinski definition) is 1. The molecule has 5 heteroatoms. The monoisotopic (exact) mass is 287 g/mol. The van der Waals surface area contributed by atoms with Crippen LogP contribution >= 0.6 is 0 Å². The lowest BCUT2D eigenvalue weighted by Gasteiger charge is -2.13. The van der Waals surface area contributed by atoms with Crippen molar-refractivity contribution in [2.45, 2.75) is 26.7 Å². The molecule has 0 amide bonds. The second-order valence-corrected chi connectivity index (χ2v) is 4.68. The molecule has 0 unspecified atom stereocenters. The van der Waals surface area contributed by atoms with Gasteiger partial charge in [0.25, 0.3) is 0 Å². The van der Waals surface area contributed by atoms with Crippen LogP contribution in [0.1, 0.15) is 26.7 Å². The summed E-state index contributed by atoms with van der Waals surface area (Å²) in [6, 6.07) is 5.79. The van der Waals surface area contributed by atoms with Gasteiger partial charge in [0, 0.05) is 5.56 Å². The average Bonchev–Trinajstić information content (AvgIpc) is 2.52. The molecule has 0 radical (unpaired) electrons. The summed E-state index contributed by atoms with van der Waals surface area (Å²) in [7, 11) is 0. The lowest BCUT2D eigenvalue weighted by molar-refractivity contribution is 0.268. The average molecular weight is 287 g/mol. The molecule has 0 fully saturated rings. The molecule has 0 aliphatic heterocycles. The number of ether oxygens (including phenoxy) is 2. The summed E-state index contributed by atoms with van der Waals surface area (Å²) in [5, 5.41) is 0. The van der Waals surface area contributed by atoms with E-state index < -0.39 is 0 Å². The van der Waals surface area contributed by atoms with E-state index in [-0.39, 0.29) is 0 Å². The van der Waals surface area contributed by atoms with Crippen LogP contribution in [0.2, 0.25) is 0 Å². The van der Waals surface area contributed by atoms with Gasteiger partial charge in [0.05, 0.1) is 31.3 Å². The van der Waals surface area contributed by atoms with E-state index in [0.717, 1.165) is 35.6 Å². The van der Waals surface area contributed by atoms with Crippen LogP contribution < -0.4 is 15.2 Å². The molecule has 0 spiro atoms. The third-order valence-corrected chi connectivity index (χ3v) is 2.83. The van der Waals surface area contributed by atoms with Crippen molar-refractivity contribution in [3.63, 3.8) is 0 Å². The number of aromatic nitrogens is 2. The fraction of sp³-hybridized carbons (Fsp3) is 0.375. The lowest BCUT2D eigenvalue weighted by Crippen LogP contribution is -2.01. The first-order chi connectivity index (χ1) is 10.2. The standard InChI is InChI=1S/C16H21N3O2/c1-3-7-20-14-6-5-12(9-15(14)21-8-4-2)13-10-19-16(17)11-18-13/h5-6,9-11H,3-4,7-8H2,1-2H3,(H2,17,19). The molecule has 0 bridgehead atoms. The minimum absolute atomic E-state index is 0.407. The topological polar surface area (TPSA) is 70.3 Å². The molecule has 1 aromatic carbocycles. The lowest BCUT2D eigenvalue weighted by atomic mass is 10.1. The summed E-state index contributed by atoms with van der Waals surface area (Å²) in [5.74, 6) is 1.91. The van der Waals surface area contributed by atoms with Gasteiger partial charge >= 0.3 is 0 Å². The number of anilines is 1. The zero-order valence-electron chi connectivity index (χ0n) is 12.5. The third-order valence-electron chi connectivity index (χ3n) is 2.83. The Labute approximate surface area is 125 Å². The Morgan fingerprint density at radius 3 is 2.29 bits per heavy atom. The molecule has 0 saturated carbocycles. The highest BCUT2D eigenvalue weighted by Gasteiger charge is 2.09. The van der Waals surface area contributed by atoms with Crippen molar-refractivity contribution in [2.75, 3.05) is 18.9 Å². The first-order valence-corrected chi connectivity index (χ1v) is 7.22. The Hall–Kier alpha value is -2.30. The van der Waals surface area contributed by atoms with Crippen LogP contribution in [0.15, 0.2) is 30.6 Å². The van der Waals surface area contributed by atoms with Crippen LogP contribution in [-0.2, 0) is 0 Å². The predicted octanol–water partition coefficient (Wildman–Crippen LogP) is 3.30. The van der Waals surface area contributed by atoms with Gasteiger partial charge in [-0.1, -0.05) is 13.8 Å². The molecule has 2 rings (SSSR count). The molecule has 112 valence electrons. The fourth-order valence-corrected chi connectivity index (χ4v) is 1.81. The van der Waals surface area contributed by atoms with E-state index in [1.54, 1.807) is 12.4 Å². The van der Waals surface area contributed by atoms with Crippen LogP contribution in [0.3, 0.4) is 0 Å². The highest BCUT2D eigenvalue weighted by Crippen LogP contribution is 2.32. The highest BCUT2D eigenvalue weighted by molar-refractivity contribution is 5.63. The van der Waals surface area contributed by atoms with E-state index in [0.29, 0.717) is 19.0 Å². The SMILES string of the molecule is CCCOc1ccc(-c2cnc(N)cn2)cc1OCCC. The van der Waals surface area contributed by atoms with Crippen molar-refractivity contribution in [1.29, 1.82) is 0 Å². The highest BCUT2D eigenvalue weighted by atomic mass is 16.5. The van der Waals surface area contributed by atoms with Crippen molar-refractivity contribution in [2.24, 2.45) is 0 Å². The molecule has 0 aliphatic carbocycles. The quantitative estimate of drug-likeness (QED) is 0.846. The third kappa shape index (κ3) is 4.08. The first kappa shape index (κ1) is 15.1. The number of nitrogens with two attached hydrogens (primary N) is 1. The van der Waals surface area contributed by atoms with Gasteiger partial charge in [-0.05, 0) is 31.0 Å². The summed E-state index contributed by atoms with van der Waals surface area (Å²) in [5.41, 5.74) is 7.25. The number of hydrogen-bond acceptors (Lipinski definition) is 5. The Kier molecular flexibility index (Phi) is 5.37. The Balaban J connectivity index is 2.28. The minimum atomic E-state index is 0.407. The van der Waals surface area contributed by atoms with Gasteiger partial charge in [0.15, 0.2) is 11.5 Å². The molecule has 2 N–H and O–H groups in total. The predicted molar refractivity (Wildman–Crippen MR) is 83.5 cm³/mol. The minimum Gasteiger partial charge on any atom is -0.490 e. The molecular weight excluding hydrogens is 266 g/mol. The zero-order valence-corrected chi connectivity index (χ0v) is 12.5. The molecule has 2 aromatic rings. The van der Waals surface area contributed by atoms with Gasteiger partial charge in [-0.2, -0.15) is 0 Å². The van der Waals surface area contributed by atoms with Crippen molar-refractivity contribution < 1.29 is 9.47 Å². The van der Waals surface area contributed by atoms with E-state index in [9.17, 15) is 0 Å². The molecule has 0 aliphatic rings. The van der Waals surface area contributed by atoms with Gasteiger partial charge in [0.2, 0.25) is 0 Å². The summed E-state index contributed by atoms with van der Waals surface area (Å²) in [4.78, 5) is 8.34. The fourth-order valence-electron chi connectivity index (χ4n) is 1.81. The largest absolute Gasteiger partial charge is 0.490 e. The van der Waals surface area contributed by atoms with Gasteiger partial charge in [-0.3, -0.25) is 4.98 Å². The molecule has 0 atom stereocenters. The second kappa shape index (κ2) is 7.47. The van der Waals surface area contributed by atoms with E-state index in [1.807, 2.05) is 18.2 Å². The maximum Gasteiger partial charge on any atom is 0.161 e. The normalized spacial score (nSPS) is 10.4. The van der Waals surface area contributed by atoms with E-state index in [1.165, 1.54) is 0 Å². The van der Waals surface area contributed by atoms with Gasteiger partial charge < -0.3 is 15.2 Å². The van der Waals surface area contributed by atoms with Crippen LogP contribution in [-0.4, -0.2) is 23.2 Å². The van der Waals surface area contributed by atoms with Crippen molar-refractivity contribution in [3.8, 4) is 22.8 Å². The van der Waals surface area contributed by atoms with Gasteiger partial charge in [-0.15, -0.1) is 0 Å². The number of nitrogen functional groups attached to an aromatic ring is 1. The van der Waals surface area contributed by atoms with Gasteiger partial charge in [-0.25, -0.2) is 4.98 Å². The second-order valence-electron chi connectivity index (χ2n) is 4.68. The summed E-state index contributed by atoms with van der Waals surface area (Å²) >= 11 is 0. The number of nitrogens with zero attached hydrogens (tertiary/aromatic N) is 2. The Bertz CT molecular complexity index is 570. The van der Waals surface area contributed by atoms with E-state index in [2.05, 4.69) is 23.8 Å². The molecule has 0 saturated heterocycles. The molecular formula is C16H21N3O2. The van der Waals surface area contributed by atoms with Crippen LogP contribution in [0.4, 0.5) is 5.82 Å².